The first-order valence-corrected chi connectivity index (χ1v) is 8.28. The van der Waals surface area contributed by atoms with E-state index >= 15 is 0 Å². The summed E-state index contributed by atoms with van der Waals surface area (Å²) in [5.74, 6) is 0.301. The maximum absolute atomic E-state index is 11.5. The molecular weight excluding hydrogens is 339 g/mol. The Hall–Kier alpha value is -3.68. The zero-order valence-electron chi connectivity index (χ0n) is 14.5. The summed E-state index contributed by atoms with van der Waals surface area (Å²) in [5.41, 5.74) is 4.66. The number of benzene rings is 2. The Morgan fingerprint density at radius 3 is 2.70 bits per heavy atom. The molecule has 0 saturated carbocycles. The quantitative estimate of drug-likeness (QED) is 0.490. The number of amides is 1. The van der Waals surface area contributed by atoms with Crippen LogP contribution in [0.5, 0.6) is 0 Å². The minimum absolute atomic E-state index is 0.148. The number of anilines is 3. The van der Waals surface area contributed by atoms with Crippen LogP contribution in [-0.4, -0.2) is 33.9 Å². The van der Waals surface area contributed by atoms with Gasteiger partial charge in [0.15, 0.2) is 0 Å². The van der Waals surface area contributed by atoms with Gasteiger partial charge in [0, 0.05) is 41.6 Å². The molecule has 4 aromatic rings. The van der Waals surface area contributed by atoms with Crippen molar-refractivity contribution < 1.29 is 4.79 Å². The largest absolute Gasteiger partial charge is 0.326 e. The van der Waals surface area contributed by atoms with Crippen LogP contribution in [0.1, 0.15) is 6.92 Å². The number of carbonyl (C=O) groups is 1. The van der Waals surface area contributed by atoms with Crippen molar-refractivity contribution >= 4 is 47.4 Å². The number of rotatable bonds is 4. The molecule has 2 aromatic carbocycles. The standard InChI is InChI=1S/C19H15BN6O/c1-11(27)24-16-5-12(14-9-22-23-10-14)6-17(7-16)25-19-21-8-13-4-15(20)2-3-18(13)26-19/h2-10H,1H3,(H,22,23)(H,24,27)(H,21,25,26). The lowest BCUT2D eigenvalue weighted by Gasteiger charge is -2.11. The van der Waals surface area contributed by atoms with Crippen molar-refractivity contribution in [2.45, 2.75) is 6.92 Å². The molecule has 0 saturated heterocycles. The average molecular weight is 354 g/mol. The van der Waals surface area contributed by atoms with E-state index in [-0.39, 0.29) is 5.91 Å². The van der Waals surface area contributed by atoms with Gasteiger partial charge in [-0.1, -0.05) is 17.6 Å². The van der Waals surface area contributed by atoms with Crippen molar-refractivity contribution in [1.29, 1.82) is 0 Å². The number of hydrogen-bond acceptors (Lipinski definition) is 5. The molecule has 0 fully saturated rings. The smallest absolute Gasteiger partial charge is 0.227 e. The van der Waals surface area contributed by atoms with Gasteiger partial charge in [0.05, 0.1) is 11.7 Å². The van der Waals surface area contributed by atoms with Gasteiger partial charge in [0.1, 0.15) is 7.85 Å². The minimum Gasteiger partial charge on any atom is -0.326 e. The third-order valence-corrected chi connectivity index (χ3v) is 3.94. The molecule has 0 bridgehead atoms. The first-order valence-electron chi connectivity index (χ1n) is 8.28. The number of fused-ring (bicyclic) bond motifs is 1. The summed E-state index contributed by atoms with van der Waals surface area (Å²) >= 11 is 0. The van der Waals surface area contributed by atoms with E-state index in [2.05, 4.69) is 30.8 Å². The molecule has 0 spiro atoms. The summed E-state index contributed by atoms with van der Waals surface area (Å²) in [6, 6.07) is 11.1. The second-order valence-corrected chi connectivity index (χ2v) is 6.10. The van der Waals surface area contributed by atoms with Gasteiger partial charge in [0.2, 0.25) is 11.9 Å². The minimum atomic E-state index is -0.148. The highest BCUT2D eigenvalue weighted by molar-refractivity contribution is 6.33. The molecule has 7 nitrogen and oxygen atoms in total. The topological polar surface area (TPSA) is 95.6 Å². The molecule has 0 aliphatic carbocycles. The lowest BCUT2D eigenvalue weighted by molar-refractivity contribution is -0.114. The summed E-state index contributed by atoms with van der Waals surface area (Å²) < 4.78 is 0. The van der Waals surface area contributed by atoms with Crippen LogP contribution < -0.4 is 16.1 Å². The van der Waals surface area contributed by atoms with Crippen molar-refractivity contribution in [2.24, 2.45) is 0 Å². The van der Waals surface area contributed by atoms with Gasteiger partial charge in [-0.2, -0.15) is 5.10 Å². The highest BCUT2D eigenvalue weighted by atomic mass is 16.1. The maximum atomic E-state index is 11.5. The van der Waals surface area contributed by atoms with Gasteiger partial charge in [-0.15, -0.1) is 0 Å². The second-order valence-electron chi connectivity index (χ2n) is 6.10. The van der Waals surface area contributed by atoms with Crippen LogP contribution in [0.25, 0.3) is 22.0 Å². The van der Waals surface area contributed by atoms with E-state index in [9.17, 15) is 4.79 Å². The molecule has 0 atom stereocenters. The molecule has 0 unspecified atom stereocenters. The van der Waals surface area contributed by atoms with E-state index < -0.39 is 0 Å². The molecule has 4 rings (SSSR count). The van der Waals surface area contributed by atoms with E-state index in [0.29, 0.717) is 17.1 Å². The number of hydrogen-bond donors (Lipinski definition) is 3. The number of aromatic nitrogens is 4. The van der Waals surface area contributed by atoms with Crippen LogP contribution in [0.2, 0.25) is 0 Å². The molecule has 0 aliphatic heterocycles. The molecular formula is C19H15BN6O. The molecule has 2 radical (unpaired) electrons. The van der Waals surface area contributed by atoms with Gasteiger partial charge in [-0.05, 0) is 29.8 Å². The van der Waals surface area contributed by atoms with Crippen LogP contribution in [0.4, 0.5) is 17.3 Å². The highest BCUT2D eigenvalue weighted by Gasteiger charge is 2.08. The molecule has 1 amide bonds. The number of H-pyrrole nitrogens is 1. The monoisotopic (exact) mass is 354 g/mol. The predicted octanol–water partition coefficient (Wildman–Crippen LogP) is 2.52. The number of nitrogens with one attached hydrogen (secondary N) is 3. The van der Waals surface area contributed by atoms with Crippen LogP contribution in [0.15, 0.2) is 55.0 Å². The van der Waals surface area contributed by atoms with Crippen molar-refractivity contribution in [3.05, 3.63) is 55.0 Å². The molecule has 130 valence electrons. The van der Waals surface area contributed by atoms with Crippen molar-refractivity contribution in [1.82, 2.24) is 20.2 Å². The number of carbonyl (C=O) groups excluding carboxylic acids is 1. The van der Waals surface area contributed by atoms with Gasteiger partial charge in [-0.3, -0.25) is 9.89 Å². The molecule has 3 N–H and O–H groups in total. The summed E-state index contributed by atoms with van der Waals surface area (Å²) in [4.78, 5) is 20.3. The average Bonchev–Trinajstić information content (AvgIpc) is 3.16. The maximum Gasteiger partial charge on any atom is 0.227 e. The summed E-state index contributed by atoms with van der Waals surface area (Å²) in [6.07, 6.45) is 5.22. The normalized spacial score (nSPS) is 10.7. The van der Waals surface area contributed by atoms with Crippen LogP contribution in [-0.2, 0) is 4.79 Å². The highest BCUT2D eigenvalue weighted by Crippen LogP contribution is 2.28. The Bertz CT molecular complexity index is 1130. The zero-order chi connectivity index (χ0) is 18.8. The van der Waals surface area contributed by atoms with E-state index in [1.54, 1.807) is 24.7 Å². The summed E-state index contributed by atoms with van der Waals surface area (Å²) in [6.45, 7) is 1.47. The molecule has 27 heavy (non-hydrogen) atoms. The molecule has 8 heteroatoms. The fourth-order valence-corrected chi connectivity index (χ4v) is 2.79. The van der Waals surface area contributed by atoms with Gasteiger partial charge in [-0.25, -0.2) is 9.97 Å². The first kappa shape index (κ1) is 16.8. The molecule has 0 aliphatic rings. The SMILES string of the molecule is [B]c1ccc2nc(Nc3cc(NC(C)=O)cc(-c4cn[nH]c4)c3)ncc2c1. The Kier molecular flexibility index (Phi) is 4.29. The molecule has 2 aromatic heterocycles. The number of nitrogens with zero attached hydrogens (tertiary/aromatic N) is 3. The number of aromatic amines is 1. The Labute approximate surface area is 156 Å². The van der Waals surface area contributed by atoms with Crippen molar-refractivity contribution in [3.8, 4) is 11.1 Å². The Morgan fingerprint density at radius 1 is 1.07 bits per heavy atom. The third-order valence-electron chi connectivity index (χ3n) is 3.94. The van der Waals surface area contributed by atoms with Gasteiger partial charge in [0.25, 0.3) is 0 Å². The Balaban J connectivity index is 1.71. The van der Waals surface area contributed by atoms with Crippen LogP contribution >= 0.6 is 0 Å². The first-order chi connectivity index (χ1) is 13.1. The lowest BCUT2D eigenvalue weighted by atomic mass is 9.95. The van der Waals surface area contributed by atoms with Crippen LogP contribution in [0.3, 0.4) is 0 Å². The van der Waals surface area contributed by atoms with Crippen LogP contribution in [0, 0.1) is 0 Å². The van der Waals surface area contributed by atoms with E-state index in [1.807, 2.05) is 30.3 Å². The summed E-state index contributed by atoms with van der Waals surface area (Å²) in [7, 11) is 5.79. The predicted molar refractivity (Wildman–Crippen MR) is 107 cm³/mol. The second kappa shape index (κ2) is 6.91. The lowest BCUT2D eigenvalue weighted by Crippen LogP contribution is -2.06. The zero-order valence-corrected chi connectivity index (χ0v) is 14.5. The summed E-state index contributed by atoms with van der Waals surface area (Å²) in [5, 5.41) is 13.6. The van der Waals surface area contributed by atoms with Gasteiger partial charge >= 0.3 is 0 Å². The Morgan fingerprint density at radius 2 is 1.93 bits per heavy atom. The van der Waals surface area contributed by atoms with Crippen molar-refractivity contribution in [2.75, 3.05) is 10.6 Å². The third kappa shape index (κ3) is 3.79. The van der Waals surface area contributed by atoms with Crippen molar-refractivity contribution in [3.63, 3.8) is 0 Å². The van der Waals surface area contributed by atoms with E-state index in [4.69, 9.17) is 7.85 Å². The fraction of sp³-hybridized carbons (Fsp3) is 0.0526. The van der Waals surface area contributed by atoms with Gasteiger partial charge < -0.3 is 10.6 Å². The molecule has 2 heterocycles. The van der Waals surface area contributed by atoms with E-state index in [1.165, 1.54) is 6.92 Å². The van der Waals surface area contributed by atoms with E-state index in [0.717, 1.165) is 27.7 Å². The fourth-order valence-electron chi connectivity index (χ4n) is 2.79.